The zero-order chi connectivity index (χ0) is 15.9. The molecule has 0 radical (unpaired) electrons. The second-order valence-corrected chi connectivity index (χ2v) is 7.60. The summed E-state index contributed by atoms with van der Waals surface area (Å²) in [6.07, 6.45) is 3.80. The minimum atomic E-state index is 0.0420. The van der Waals surface area contributed by atoms with Gasteiger partial charge in [0, 0.05) is 28.9 Å². The number of hydrogen-bond acceptors (Lipinski definition) is 4. The van der Waals surface area contributed by atoms with Crippen LogP contribution in [0.3, 0.4) is 0 Å². The van der Waals surface area contributed by atoms with Crippen molar-refractivity contribution in [3.05, 3.63) is 40.2 Å². The molecule has 116 valence electrons. The molecule has 0 aliphatic rings. The van der Waals surface area contributed by atoms with E-state index in [0.717, 1.165) is 27.9 Å². The molecule has 0 aliphatic heterocycles. The average Bonchev–Trinajstić information content (AvgIpc) is 3.16. The highest BCUT2D eigenvalue weighted by Crippen LogP contribution is 2.28. The van der Waals surface area contributed by atoms with Gasteiger partial charge < -0.3 is 4.57 Å². The van der Waals surface area contributed by atoms with E-state index in [9.17, 15) is 0 Å². The van der Waals surface area contributed by atoms with E-state index in [1.54, 1.807) is 11.3 Å². The molecule has 3 aromatic rings. The standard InChI is InChI=1S/C16H21N5S/c1-10(13-9-22-11(2)18-13)21-7-6-17-15(21)12-8-14(20-19-12)16(3,4)5/h6-10H,1-5H3,(H,19,20)/t10-/m0/s1. The van der Waals surface area contributed by atoms with E-state index in [-0.39, 0.29) is 11.5 Å². The van der Waals surface area contributed by atoms with Crippen LogP contribution in [0.2, 0.25) is 0 Å². The van der Waals surface area contributed by atoms with Gasteiger partial charge in [-0.15, -0.1) is 11.3 Å². The van der Waals surface area contributed by atoms with Crippen LogP contribution in [0.4, 0.5) is 0 Å². The van der Waals surface area contributed by atoms with Gasteiger partial charge in [0.25, 0.3) is 0 Å². The Morgan fingerprint density at radius 1 is 1.32 bits per heavy atom. The van der Waals surface area contributed by atoms with Crippen molar-refractivity contribution in [2.24, 2.45) is 0 Å². The maximum Gasteiger partial charge on any atom is 0.161 e. The maximum absolute atomic E-state index is 4.59. The lowest BCUT2D eigenvalue weighted by Gasteiger charge is -2.15. The number of aryl methyl sites for hydroxylation is 1. The number of nitrogens with one attached hydrogen (secondary N) is 1. The van der Waals surface area contributed by atoms with Gasteiger partial charge >= 0.3 is 0 Å². The first-order valence-electron chi connectivity index (χ1n) is 7.37. The second-order valence-electron chi connectivity index (χ2n) is 6.54. The fourth-order valence-corrected chi connectivity index (χ4v) is 3.06. The van der Waals surface area contributed by atoms with Crippen LogP contribution in [-0.2, 0) is 5.41 Å². The van der Waals surface area contributed by atoms with E-state index in [2.05, 4.69) is 63.9 Å². The number of thiazole rings is 1. The van der Waals surface area contributed by atoms with Gasteiger partial charge in [-0.1, -0.05) is 20.8 Å². The summed E-state index contributed by atoms with van der Waals surface area (Å²) in [6.45, 7) is 10.7. The first kappa shape index (κ1) is 15.0. The second kappa shape index (κ2) is 5.35. The van der Waals surface area contributed by atoms with Crippen molar-refractivity contribution in [1.29, 1.82) is 0 Å². The quantitative estimate of drug-likeness (QED) is 0.796. The third kappa shape index (κ3) is 2.70. The number of rotatable bonds is 3. The minimum Gasteiger partial charge on any atom is -0.321 e. The van der Waals surface area contributed by atoms with Crippen molar-refractivity contribution in [2.45, 2.75) is 46.1 Å². The highest BCUT2D eigenvalue weighted by Gasteiger charge is 2.21. The summed E-state index contributed by atoms with van der Waals surface area (Å²) < 4.78 is 2.12. The smallest absolute Gasteiger partial charge is 0.161 e. The first-order valence-corrected chi connectivity index (χ1v) is 8.25. The monoisotopic (exact) mass is 315 g/mol. The van der Waals surface area contributed by atoms with Crippen molar-refractivity contribution in [3.8, 4) is 11.5 Å². The fraction of sp³-hybridized carbons (Fsp3) is 0.438. The molecule has 3 heterocycles. The van der Waals surface area contributed by atoms with Gasteiger partial charge in [0.15, 0.2) is 5.82 Å². The van der Waals surface area contributed by atoms with E-state index in [0.29, 0.717) is 0 Å². The molecule has 0 aromatic carbocycles. The minimum absolute atomic E-state index is 0.0420. The van der Waals surface area contributed by atoms with E-state index in [1.807, 2.05) is 19.3 Å². The van der Waals surface area contributed by atoms with E-state index < -0.39 is 0 Å². The summed E-state index contributed by atoms with van der Waals surface area (Å²) in [7, 11) is 0. The van der Waals surface area contributed by atoms with Crippen molar-refractivity contribution in [3.63, 3.8) is 0 Å². The Morgan fingerprint density at radius 3 is 2.68 bits per heavy atom. The topological polar surface area (TPSA) is 59.4 Å². The number of aromatic amines is 1. The Hall–Kier alpha value is -1.95. The molecule has 0 saturated heterocycles. The van der Waals surface area contributed by atoms with Gasteiger partial charge in [0.05, 0.1) is 16.7 Å². The number of nitrogens with zero attached hydrogens (tertiary/aromatic N) is 4. The van der Waals surface area contributed by atoms with Gasteiger partial charge in [-0.2, -0.15) is 5.10 Å². The Labute approximate surface area is 134 Å². The lowest BCUT2D eigenvalue weighted by Crippen LogP contribution is -2.11. The van der Waals surface area contributed by atoms with Gasteiger partial charge in [0.2, 0.25) is 0 Å². The van der Waals surface area contributed by atoms with Crippen LogP contribution in [0.5, 0.6) is 0 Å². The van der Waals surface area contributed by atoms with Crippen molar-refractivity contribution >= 4 is 11.3 Å². The summed E-state index contributed by atoms with van der Waals surface area (Å²) in [4.78, 5) is 9.08. The molecule has 0 bridgehead atoms. The largest absolute Gasteiger partial charge is 0.321 e. The molecular weight excluding hydrogens is 294 g/mol. The van der Waals surface area contributed by atoms with Crippen molar-refractivity contribution < 1.29 is 0 Å². The number of imidazole rings is 1. The van der Waals surface area contributed by atoms with Crippen LogP contribution in [-0.4, -0.2) is 24.7 Å². The van der Waals surface area contributed by atoms with Gasteiger partial charge in [-0.25, -0.2) is 9.97 Å². The molecule has 3 aromatic heterocycles. The molecular formula is C16H21N5S. The zero-order valence-corrected chi connectivity index (χ0v) is 14.4. The normalized spacial score (nSPS) is 13.5. The van der Waals surface area contributed by atoms with Gasteiger partial charge in [0.1, 0.15) is 5.69 Å². The first-order chi connectivity index (χ1) is 10.4. The van der Waals surface area contributed by atoms with Crippen LogP contribution in [0.1, 0.15) is 50.1 Å². The maximum atomic E-state index is 4.59. The summed E-state index contributed by atoms with van der Waals surface area (Å²) >= 11 is 1.67. The lowest BCUT2D eigenvalue weighted by molar-refractivity contribution is 0.567. The van der Waals surface area contributed by atoms with E-state index in [1.165, 1.54) is 0 Å². The number of H-pyrrole nitrogens is 1. The number of hydrogen-bond donors (Lipinski definition) is 1. The molecule has 3 rings (SSSR count). The zero-order valence-electron chi connectivity index (χ0n) is 13.6. The SMILES string of the molecule is Cc1nc([C@H](C)n2ccnc2-c2cc(C(C)(C)C)[nH]n2)cs1. The highest BCUT2D eigenvalue weighted by molar-refractivity contribution is 7.09. The molecule has 0 amide bonds. The van der Waals surface area contributed by atoms with Crippen LogP contribution in [0, 0.1) is 6.92 Å². The molecule has 0 saturated carbocycles. The van der Waals surface area contributed by atoms with Crippen LogP contribution >= 0.6 is 11.3 Å². The predicted octanol–water partition coefficient (Wildman–Crippen LogP) is 3.94. The Kier molecular flexibility index (Phi) is 3.64. The summed E-state index contributed by atoms with van der Waals surface area (Å²) in [5, 5.41) is 10.8. The molecule has 5 nitrogen and oxygen atoms in total. The van der Waals surface area contributed by atoms with Crippen LogP contribution < -0.4 is 0 Å². The molecule has 1 N–H and O–H groups in total. The van der Waals surface area contributed by atoms with Crippen LogP contribution in [0.15, 0.2) is 23.8 Å². The molecule has 0 fully saturated rings. The number of aromatic nitrogens is 5. The van der Waals surface area contributed by atoms with Crippen LogP contribution in [0.25, 0.3) is 11.5 Å². The molecule has 0 aliphatic carbocycles. The van der Waals surface area contributed by atoms with E-state index in [4.69, 9.17) is 0 Å². The Bertz CT molecular complexity index is 774. The average molecular weight is 315 g/mol. The third-order valence-corrected chi connectivity index (χ3v) is 4.56. The summed E-state index contributed by atoms with van der Waals surface area (Å²) in [5.74, 6) is 0.866. The molecule has 1 atom stereocenters. The van der Waals surface area contributed by atoms with Crippen molar-refractivity contribution in [1.82, 2.24) is 24.7 Å². The molecule has 0 unspecified atom stereocenters. The lowest BCUT2D eigenvalue weighted by atomic mass is 9.92. The molecule has 22 heavy (non-hydrogen) atoms. The summed E-state index contributed by atoms with van der Waals surface area (Å²) in [6, 6.07) is 2.22. The molecule has 6 heteroatoms. The third-order valence-electron chi connectivity index (χ3n) is 3.77. The highest BCUT2D eigenvalue weighted by atomic mass is 32.1. The van der Waals surface area contributed by atoms with Gasteiger partial charge in [-0.05, 0) is 19.9 Å². The van der Waals surface area contributed by atoms with Gasteiger partial charge in [-0.3, -0.25) is 5.10 Å². The Morgan fingerprint density at radius 2 is 2.09 bits per heavy atom. The summed E-state index contributed by atoms with van der Waals surface area (Å²) in [5.41, 5.74) is 3.08. The predicted molar refractivity (Wildman–Crippen MR) is 89.2 cm³/mol. The fourth-order valence-electron chi connectivity index (χ4n) is 2.36. The van der Waals surface area contributed by atoms with E-state index >= 15 is 0 Å². The Balaban J connectivity index is 1.97. The van der Waals surface area contributed by atoms with Crippen molar-refractivity contribution in [2.75, 3.05) is 0 Å². The molecule has 0 spiro atoms.